The molecule has 1 aromatic heterocycles. The predicted molar refractivity (Wildman–Crippen MR) is 77.4 cm³/mol. The molecular formula is C15H14N4O2. The van der Waals surface area contributed by atoms with Gasteiger partial charge in [-0.3, -0.25) is 4.79 Å². The molecule has 1 aromatic carbocycles. The summed E-state index contributed by atoms with van der Waals surface area (Å²) in [4.78, 5) is 18.6. The number of carbonyl (C=O) groups excluding carboxylic acids is 1. The SMILES string of the molecule is N#CC1CN(C(=O)c2cc(N)nc3ccccc23)CCO1. The summed E-state index contributed by atoms with van der Waals surface area (Å²) in [6.45, 7) is 1.10. The molecule has 2 N–H and O–H groups in total. The second-order valence-corrected chi connectivity index (χ2v) is 4.85. The number of ether oxygens (including phenoxy) is 1. The number of aromatic nitrogens is 1. The van der Waals surface area contributed by atoms with E-state index >= 15 is 0 Å². The van der Waals surface area contributed by atoms with Crippen LogP contribution in [-0.2, 0) is 4.74 Å². The van der Waals surface area contributed by atoms with Gasteiger partial charge in [0, 0.05) is 11.9 Å². The molecule has 0 aliphatic carbocycles. The third kappa shape index (κ3) is 2.51. The number of morpholine rings is 1. The number of pyridine rings is 1. The van der Waals surface area contributed by atoms with Gasteiger partial charge in [-0.1, -0.05) is 18.2 Å². The standard InChI is InChI=1S/C15H14N4O2/c16-8-10-9-19(5-6-21-10)15(20)12-7-14(17)18-13-4-2-1-3-11(12)13/h1-4,7,10H,5-6,9H2,(H2,17,18). The van der Waals surface area contributed by atoms with Gasteiger partial charge in [-0.15, -0.1) is 0 Å². The van der Waals surface area contributed by atoms with E-state index in [9.17, 15) is 4.79 Å². The number of carbonyl (C=O) groups is 1. The summed E-state index contributed by atoms with van der Waals surface area (Å²) in [6, 6.07) is 11.0. The van der Waals surface area contributed by atoms with Crippen molar-refractivity contribution in [3.05, 3.63) is 35.9 Å². The molecule has 0 saturated carbocycles. The minimum Gasteiger partial charge on any atom is -0.384 e. The molecule has 0 radical (unpaired) electrons. The summed E-state index contributed by atoms with van der Waals surface area (Å²) in [5.41, 5.74) is 6.98. The summed E-state index contributed by atoms with van der Waals surface area (Å²) in [5, 5.41) is 9.69. The summed E-state index contributed by atoms with van der Waals surface area (Å²) in [7, 11) is 0. The molecule has 1 aliphatic heterocycles. The fraction of sp³-hybridized carbons (Fsp3) is 0.267. The van der Waals surface area contributed by atoms with Crippen LogP contribution in [0.25, 0.3) is 10.9 Å². The van der Waals surface area contributed by atoms with Crippen LogP contribution >= 0.6 is 0 Å². The van der Waals surface area contributed by atoms with Crippen molar-refractivity contribution >= 4 is 22.6 Å². The number of nitrogens with zero attached hydrogens (tertiary/aromatic N) is 3. The number of nitrogens with two attached hydrogens (primary N) is 1. The van der Waals surface area contributed by atoms with Gasteiger partial charge in [0.25, 0.3) is 5.91 Å². The third-order valence-corrected chi connectivity index (χ3v) is 3.46. The Kier molecular flexibility index (Phi) is 3.42. The molecule has 106 valence electrons. The lowest BCUT2D eigenvalue weighted by atomic mass is 10.1. The number of rotatable bonds is 1. The zero-order chi connectivity index (χ0) is 14.8. The van der Waals surface area contributed by atoms with Crippen molar-refractivity contribution in [1.82, 2.24) is 9.88 Å². The minimum absolute atomic E-state index is 0.149. The molecule has 1 atom stereocenters. The Hall–Kier alpha value is -2.65. The Morgan fingerprint density at radius 2 is 2.29 bits per heavy atom. The number of nitrogen functional groups attached to an aromatic ring is 1. The fourth-order valence-electron chi connectivity index (χ4n) is 2.46. The molecule has 21 heavy (non-hydrogen) atoms. The number of hydrogen-bond acceptors (Lipinski definition) is 5. The van der Waals surface area contributed by atoms with E-state index in [2.05, 4.69) is 4.98 Å². The van der Waals surface area contributed by atoms with Gasteiger partial charge in [-0.2, -0.15) is 5.26 Å². The van der Waals surface area contributed by atoms with Crippen LogP contribution in [0.4, 0.5) is 5.82 Å². The number of hydrogen-bond donors (Lipinski definition) is 1. The molecule has 6 heteroatoms. The van der Waals surface area contributed by atoms with Crippen molar-refractivity contribution in [2.75, 3.05) is 25.4 Å². The van der Waals surface area contributed by atoms with E-state index in [-0.39, 0.29) is 12.5 Å². The first kappa shape index (κ1) is 13.3. The second-order valence-electron chi connectivity index (χ2n) is 4.85. The normalized spacial score (nSPS) is 18.4. The first-order valence-corrected chi connectivity index (χ1v) is 6.65. The molecule has 0 bridgehead atoms. The average molecular weight is 282 g/mol. The van der Waals surface area contributed by atoms with E-state index in [1.807, 2.05) is 30.3 Å². The predicted octanol–water partition coefficient (Wildman–Crippen LogP) is 1.18. The van der Waals surface area contributed by atoms with Gasteiger partial charge in [0.15, 0.2) is 6.10 Å². The van der Waals surface area contributed by atoms with Crippen LogP contribution < -0.4 is 5.73 Å². The highest BCUT2D eigenvalue weighted by Crippen LogP contribution is 2.21. The van der Waals surface area contributed by atoms with E-state index in [0.717, 1.165) is 5.39 Å². The highest BCUT2D eigenvalue weighted by Gasteiger charge is 2.26. The Labute approximate surface area is 121 Å². The van der Waals surface area contributed by atoms with E-state index in [1.165, 1.54) is 0 Å². The van der Waals surface area contributed by atoms with Gasteiger partial charge in [-0.05, 0) is 12.1 Å². The maximum Gasteiger partial charge on any atom is 0.254 e. The molecule has 3 rings (SSSR count). The molecule has 1 fully saturated rings. The summed E-state index contributed by atoms with van der Waals surface area (Å²) in [5.74, 6) is 0.158. The largest absolute Gasteiger partial charge is 0.384 e. The van der Waals surface area contributed by atoms with Crippen LogP contribution in [0.5, 0.6) is 0 Å². The lowest BCUT2D eigenvalue weighted by Gasteiger charge is -2.30. The molecule has 2 aromatic rings. The van der Waals surface area contributed by atoms with Gasteiger partial charge < -0.3 is 15.4 Å². The molecule has 1 amide bonds. The van der Waals surface area contributed by atoms with Crippen molar-refractivity contribution in [3.8, 4) is 6.07 Å². The maximum absolute atomic E-state index is 12.7. The Morgan fingerprint density at radius 3 is 3.10 bits per heavy atom. The number of anilines is 1. The van der Waals surface area contributed by atoms with Crippen molar-refractivity contribution in [2.24, 2.45) is 0 Å². The average Bonchev–Trinajstić information content (AvgIpc) is 2.53. The molecule has 1 saturated heterocycles. The maximum atomic E-state index is 12.7. The third-order valence-electron chi connectivity index (χ3n) is 3.46. The number of benzene rings is 1. The Morgan fingerprint density at radius 1 is 1.48 bits per heavy atom. The van der Waals surface area contributed by atoms with Crippen molar-refractivity contribution in [1.29, 1.82) is 5.26 Å². The van der Waals surface area contributed by atoms with Gasteiger partial charge >= 0.3 is 0 Å². The van der Waals surface area contributed by atoms with Gasteiger partial charge in [-0.25, -0.2) is 4.98 Å². The molecule has 2 heterocycles. The molecular weight excluding hydrogens is 268 g/mol. The van der Waals surface area contributed by atoms with E-state index in [1.54, 1.807) is 11.0 Å². The number of nitriles is 1. The topological polar surface area (TPSA) is 92.2 Å². The monoisotopic (exact) mass is 282 g/mol. The van der Waals surface area contributed by atoms with Gasteiger partial charge in [0.2, 0.25) is 0 Å². The van der Waals surface area contributed by atoms with Crippen LogP contribution in [-0.4, -0.2) is 41.6 Å². The van der Waals surface area contributed by atoms with Crippen LogP contribution in [0.2, 0.25) is 0 Å². The molecule has 1 aliphatic rings. The van der Waals surface area contributed by atoms with Crippen LogP contribution in [0, 0.1) is 11.3 Å². The van der Waals surface area contributed by atoms with Crippen LogP contribution in [0.3, 0.4) is 0 Å². The summed E-state index contributed by atoms with van der Waals surface area (Å²) < 4.78 is 5.26. The lowest BCUT2D eigenvalue weighted by Crippen LogP contribution is -2.45. The molecule has 1 unspecified atom stereocenters. The van der Waals surface area contributed by atoms with E-state index < -0.39 is 6.10 Å². The quantitative estimate of drug-likeness (QED) is 0.848. The van der Waals surface area contributed by atoms with Gasteiger partial charge in [0.05, 0.1) is 30.3 Å². The van der Waals surface area contributed by atoms with Crippen molar-refractivity contribution in [2.45, 2.75) is 6.10 Å². The minimum atomic E-state index is -0.576. The van der Waals surface area contributed by atoms with Crippen molar-refractivity contribution < 1.29 is 9.53 Å². The highest BCUT2D eigenvalue weighted by atomic mass is 16.5. The lowest BCUT2D eigenvalue weighted by molar-refractivity contribution is 0.00356. The number of fused-ring (bicyclic) bond motifs is 1. The number of amides is 1. The smallest absolute Gasteiger partial charge is 0.254 e. The summed E-state index contributed by atoms with van der Waals surface area (Å²) in [6.07, 6.45) is -0.576. The first-order chi connectivity index (χ1) is 10.2. The van der Waals surface area contributed by atoms with Gasteiger partial charge in [0.1, 0.15) is 5.82 Å². The highest BCUT2D eigenvalue weighted by molar-refractivity contribution is 6.06. The fourth-order valence-corrected chi connectivity index (χ4v) is 2.46. The Balaban J connectivity index is 2.00. The van der Waals surface area contributed by atoms with E-state index in [4.69, 9.17) is 15.7 Å². The van der Waals surface area contributed by atoms with Crippen molar-refractivity contribution in [3.63, 3.8) is 0 Å². The van der Waals surface area contributed by atoms with E-state index in [0.29, 0.717) is 30.0 Å². The molecule has 6 nitrogen and oxygen atoms in total. The first-order valence-electron chi connectivity index (χ1n) is 6.65. The second kappa shape index (κ2) is 5.38. The zero-order valence-electron chi connectivity index (χ0n) is 11.3. The Bertz CT molecular complexity index is 738. The molecule has 0 spiro atoms. The van der Waals surface area contributed by atoms with Crippen LogP contribution in [0.1, 0.15) is 10.4 Å². The zero-order valence-corrected chi connectivity index (χ0v) is 11.3. The number of para-hydroxylation sites is 1. The summed E-state index contributed by atoms with van der Waals surface area (Å²) >= 11 is 0. The van der Waals surface area contributed by atoms with Crippen LogP contribution in [0.15, 0.2) is 30.3 Å².